The highest BCUT2D eigenvalue weighted by Gasteiger charge is 2.17. The monoisotopic (exact) mass is 384 g/mol. The van der Waals surface area contributed by atoms with Gasteiger partial charge in [-0.05, 0) is 24.5 Å². The number of benzene rings is 1. The van der Waals surface area contributed by atoms with Crippen LogP contribution in [0.3, 0.4) is 0 Å². The number of aromatic nitrogens is 1. The number of hydrogen-bond donors (Lipinski definition) is 4. The molecule has 0 spiro atoms. The molecule has 1 heterocycles. The molecule has 1 aromatic carbocycles. The molecule has 6 heteroatoms. The second kappa shape index (κ2) is 9.62. The van der Waals surface area contributed by atoms with E-state index < -0.39 is 0 Å². The van der Waals surface area contributed by atoms with E-state index >= 15 is 0 Å². The fourth-order valence-electron chi connectivity index (χ4n) is 4.23. The van der Waals surface area contributed by atoms with Crippen LogP contribution in [0.5, 0.6) is 0 Å². The normalized spacial score (nSPS) is 14.8. The van der Waals surface area contributed by atoms with Gasteiger partial charge in [0.2, 0.25) is 0 Å². The molecule has 1 saturated carbocycles. The van der Waals surface area contributed by atoms with Crippen LogP contribution in [-0.4, -0.2) is 37.5 Å². The maximum atomic E-state index is 11.8. The maximum absolute atomic E-state index is 11.8. The van der Waals surface area contributed by atoms with Crippen LogP contribution >= 0.6 is 0 Å². The van der Waals surface area contributed by atoms with E-state index in [1.807, 2.05) is 13.1 Å². The number of hydrogen-bond acceptors (Lipinski definition) is 4. The van der Waals surface area contributed by atoms with Gasteiger partial charge in [0.25, 0.3) is 0 Å². The van der Waals surface area contributed by atoms with Gasteiger partial charge in [0, 0.05) is 24.5 Å². The third-order valence-electron chi connectivity index (χ3n) is 5.79. The van der Waals surface area contributed by atoms with Gasteiger partial charge < -0.3 is 20.4 Å². The summed E-state index contributed by atoms with van der Waals surface area (Å²) in [5.41, 5.74) is 2.11. The van der Waals surface area contributed by atoms with Gasteiger partial charge in [0.1, 0.15) is 11.7 Å². The third kappa shape index (κ3) is 4.66. The average molecular weight is 385 g/mol. The van der Waals surface area contributed by atoms with Gasteiger partial charge in [-0.25, -0.2) is 4.79 Å². The van der Waals surface area contributed by atoms with Crippen molar-refractivity contribution in [2.45, 2.75) is 51.4 Å². The number of esters is 1. The van der Waals surface area contributed by atoms with Crippen molar-refractivity contribution in [3.05, 3.63) is 29.3 Å². The van der Waals surface area contributed by atoms with Gasteiger partial charge in [-0.3, -0.25) is 5.41 Å². The van der Waals surface area contributed by atoms with Crippen molar-refractivity contribution >= 4 is 28.5 Å². The molecule has 152 valence electrons. The number of unbranched alkanes of at least 4 members (excludes halogenated alkanes) is 1. The Morgan fingerprint density at radius 1 is 1.25 bits per heavy atom. The summed E-state index contributed by atoms with van der Waals surface area (Å²) in [5, 5.41) is 15.8. The van der Waals surface area contributed by atoms with E-state index in [9.17, 15) is 4.79 Å². The number of rotatable bonds is 8. The fraction of sp³-hybridized carbons (Fsp3) is 0.545. The average Bonchev–Trinajstić information content (AvgIpc) is 3.11. The van der Waals surface area contributed by atoms with Gasteiger partial charge >= 0.3 is 5.97 Å². The fourth-order valence-corrected chi connectivity index (χ4v) is 4.23. The number of amidine groups is 1. The highest BCUT2D eigenvalue weighted by atomic mass is 16.5. The molecule has 1 aliphatic rings. The molecular weight excluding hydrogens is 352 g/mol. The minimum absolute atomic E-state index is 0.366. The first-order valence-corrected chi connectivity index (χ1v) is 10.4. The lowest BCUT2D eigenvalue weighted by Gasteiger charge is -2.21. The number of fused-ring (bicyclic) bond motifs is 1. The summed E-state index contributed by atoms with van der Waals surface area (Å²) in [4.78, 5) is 15.0. The summed E-state index contributed by atoms with van der Waals surface area (Å²) in [7, 11) is 3.20. The summed E-state index contributed by atoms with van der Waals surface area (Å²) in [6.45, 7) is 0.807. The zero-order chi connectivity index (χ0) is 19.9. The largest absolute Gasteiger partial charge is 0.465 e. The van der Waals surface area contributed by atoms with E-state index in [2.05, 4.69) is 15.6 Å². The summed E-state index contributed by atoms with van der Waals surface area (Å²) in [6.07, 6.45) is 10.6. The first-order valence-electron chi connectivity index (χ1n) is 10.4. The molecule has 0 bridgehead atoms. The molecular formula is C22H32N4O2. The lowest BCUT2D eigenvalue weighted by atomic mass is 9.86. The Kier molecular flexibility index (Phi) is 6.95. The van der Waals surface area contributed by atoms with Crippen molar-refractivity contribution in [3.8, 4) is 0 Å². The first kappa shape index (κ1) is 20.2. The summed E-state index contributed by atoms with van der Waals surface area (Å²) >= 11 is 0. The van der Waals surface area contributed by atoms with E-state index in [4.69, 9.17) is 10.1 Å². The van der Waals surface area contributed by atoms with E-state index in [1.165, 1.54) is 52.1 Å². The van der Waals surface area contributed by atoms with Crippen molar-refractivity contribution < 1.29 is 9.53 Å². The summed E-state index contributed by atoms with van der Waals surface area (Å²) < 4.78 is 4.79. The van der Waals surface area contributed by atoms with Gasteiger partial charge in [-0.1, -0.05) is 51.0 Å². The van der Waals surface area contributed by atoms with Crippen molar-refractivity contribution in [1.29, 1.82) is 5.41 Å². The number of H-pyrrole nitrogens is 1. The molecule has 0 unspecified atom stereocenters. The highest BCUT2D eigenvalue weighted by Crippen LogP contribution is 2.28. The molecule has 4 N–H and O–H groups in total. The molecule has 1 aliphatic carbocycles. The molecule has 0 radical (unpaired) electrons. The Morgan fingerprint density at radius 3 is 2.75 bits per heavy atom. The quantitative estimate of drug-likeness (QED) is 0.231. The third-order valence-corrected chi connectivity index (χ3v) is 5.79. The predicted octanol–water partition coefficient (Wildman–Crippen LogP) is 4.66. The second-order valence-corrected chi connectivity index (χ2v) is 7.68. The van der Waals surface area contributed by atoms with Gasteiger partial charge in [-0.2, -0.15) is 0 Å². The number of anilines is 1. The van der Waals surface area contributed by atoms with Crippen LogP contribution in [0.4, 0.5) is 5.82 Å². The Bertz CT molecular complexity index is 821. The number of aromatic amines is 1. The van der Waals surface area contributed by atoms with E-state index in [0.717, 1.165) is 41.2 Å². The Labute approximate surface area is 166 Å². The van der Waals surface area contributed by atoms with E-state index in [1.54, 1.807) is 12.1 Å². The zero-order valence-corrected chi connectivity index (χ0v) is 17.0. The Balaban J connectivity index is 1.59. The SMILES string of the molecule is CNc1[nH]c2cc(C(=O)OC)ccc2c1C(=N)NCCCCC1CCCCC1. The minimum Gasteiger partial charge on any atom is -0.465 e. The topological polar surface area (TPSA) is 90.0 Å². The maximum Gasteiger partial charge on any atom is 0.337 e. The smallest absolute Gasteiger partial charge is 0.337 e. The second-order valence-electron chi connectivity index (χ2n) is 7.68. The van der Waals surface area contributed by atoms with Crippen LogP contribution < -0.4 is 10.6 Å². The summed E-state index contributed by atoms with van der Waals surface area (Å²) in [5.74, 6) is 1.73. The van der Waals surface area contributed by atoms with Crippen molar-refractivity contribution in [3.63, 3.8) is 0 Å². The lowest BCUT2D eigenvalue weighted by Crippen LogP contribution is -2.25. The lowest BCUT2D eigenvalue weighted by molar-refractivity contribution is 0.0601. The van der Waals surface area contributed by atoms with E-state index in [-0.39, 0.29) is 5.97 Å². The number of carbonyl (C=O) groups excluding carboxylic acids is 1. The molecule has 1 fully saturated rings. The van der Waals surface area contributed by atoms with Crippen molar-refractivity contribution in [1.82, 2.24) is 10.3 Å². The molecule has 0 amide bonds. The number of nitrogens with one attached hydrogen (secondary N) is 4. The number of methoxy groups -OCH3 is 1. The van der Waals surface area contributed by atoms with Crippen molar-refractivity contribution in [2.24, 2.45) is 5.92 Å². The molecule has 3 rings (SSSR count). The van der Waals surface area contributed by atoms with Crippen LogP contribution in [0.25, 0.3) is 10.9 Å². The number of carbonyl (C=O) groups is 1. The van der Waals surface area contributed by atoms with Crippen LogP contribution in [0.2, 0.25) is 0 Å². The molecule has 0 aliphatic heterocycles. The van der Waals surface area contributed by atoms with E-state index in [0.29, 0.717) is 11.4 Å². The molecule has 2 aromatic rings. The predicted molar refractivity (Wildman–Crippen MR) is 114 cm³/mol. The Hall–Kier alpha value is -2.50. The van der Waals surface area contributed by atoms with Crippen LogP contribution in [0.15, 0.2) is 18.2 Å². The number of ether oxygens (including phenoxy) is 1. The highest BCUT2D eigenvalue weighted by molar-refractivity contribution is 6.13. The van der Waals surface area contributed by atoms with Crippen LogP contribution in [-0.2, 0) is 4.74 Å². The molecule has 1 aromatic heterocycles. The minimum atomic E-state index is -0.366. The van der Waals surface area contributed by atoms with Gasteiger partial charge in [0.15, 0.2) is 0 Å². The standard InChI is InChI=1S/C22H32N4O2/c1-24-21-19(17-12-11-16(22(27)28-2)14-18(17)26-21)20(23)25-13-7-6-10-15-8-4-3-5-9-15/h11-12,14-15,24,26H,3-10,13H2,1-2H3,(H2,23,25). The molecule has 6 nitrogen and oxygen atoms in total. The molecule has 0 atom stereocenters. The van der Waals surface area contributed by atoms with Crippen molar-refractivity contribution in [2.75, 3.05) is 26.0 Å². The summed E-state index contributed by atoms with van der Waals surface area (Å²) in [6, 6.07) is 5.37. The molecule has 28 heavy (non-hydrogen) atoms. The van der Waals surface area contributed by atoms with Crippen LogP contribution in [0, 0.1) is 11.3 Å². The molecule has 0 saturated heterocycles. The van der Waals surface area contributed by atoms with Gasteiger partial charge in [-0.15, -0.1) is 0 Å². The van der Waals surface area contributed by atoms with Crippen LogP contribution in [0.1, 0.15) is 67.3 Å². The van der Waals surface area contributed by atoms with Gasteiger partial charge in [0.05, 0.1) is 18.2 Å². The first-order chi connectivity index (χ1) is 13.6. The Morgan fingerprint density at radius 2 is 2.04 bits per heavy atom. The zero-order valence-electron chi connectivity index (χ0n) is 17.0.